The van der Waals surface area contributed by atoms with Crippen LogP contribution in [-0.4, -0.2) is 44.6 Å². The minimum absolute atomic E-state index is 0.0114. The van der Waals surface area contributed by atoms with Crippen molar-refractivity contribution in [3.8, 4) is 17.0 Å². The minimum Gasteiger partial charge on any atom is -0.487 e. The van der Waals surface area contributed by atoms with E-state index in [4.69, 9.17) is 9.72 Å². The Morgan fingerprint density at radius 1 is 1.15 bits per heavy atom. The highest BCUT2D eigenvalue weighted by Gasteiger charge is 2.43. The fourth-order valence-corrected chi connectivity index (χ4v) is 4.89. The number of rotatable bonds is 2. The second-order valence-electron chi connectivity index (χ2n) is 8.37. The predicted molar refractivity (Wildman–Crippen MR) is 105 cm³/mol. The van der Waals surface area contributed by atoms with Gasteiger partial charge in [0.15, 0.2) is 5.65 Å². The number of aromatic nitrogens is 3. The second kappa shape index (κ2) is 5.80. The Morgan fingerprint density at radius 3 is 2.85 bits per heavy atom. The van der Waals surface area contributed by atoms with Crippen LogP contribution in [0.3, 0.4) is 0 Å². The number of nitrogens with one attached hydrogen (secondary N) is 1. The lowest BCUT2D eigenvalue weighted by Gasteiger charge is -2.45. The average molecular weight is 360 g/mol. The Kier molecular flexibility index (Phi) is 3.36. The van der Waals surface area contributed by atoms with Crippen LogP contribution in [0.1, 0.15) is 37.7 Å². The largest absolute Gasteiger partial charge is 0.487 e. The summed E-state index contributed by atoms with van der Waals surface area (Å²) in [7, 11) is 0. The molecule has 0 atom stereocenters. The summed E-state index contributed by atoms with van der Waals surface area (Å²) in [5.74, 6) is 1.06. The van der Waals surface area contributed by atoms with E-state index >= 15 is 0 Å². The van der Waals surface area contributed by atoms with Crippen LogP contribution < -0.4 is 4.74 Å². The van der Waals surface area contributed by atoms with Crippen LogP contribution in [0.5, 0.6) is 5.75 Å². The third kappa shape index (κ3) is 2.56. The normalized spacial score (nSPS) is 21.9. The minimum atomic E-state index is 0.0114. The Bertz CT molecular complexity index is 998. The van der Waals surface area contributed by atoms with Gasteiger partial charge in [-0.3, -0.25) is 0 Å². The SMILES string of the molecule is c1cc2nc(-c3ccc4c(c3)CC3(CCN(C5CCC5)CC3)O4)cnc2[nH]1. The molecule has 1 N–H and O–H groups in total. The molecule has 27 heavy (non-hydrogen) atoms. The molecule has 2 fully saturated rings. The van der Waals surface area contributed by atoms with Crippen LogP contribution in [-0.2, 0) is 6.42 Å². The lowest BCUT2D eigenvalue weighted by Crippen LogP contribution is -2.52. The van der Waals surface area contributed by atoms with Crippen LogP contribution in [0.25, 0.3) is 22.4 Å². The van der Waals surface area contributed by atoms with Crippen molar-refractivity contribution >= 4 is 11.2 Å². The maximum absolute atomic E-state index is 6.50. The first-order valence-electron chi connectivity index (χ1n) is 10.1. The molecule has 6 rings (SSSR count). The van der Waals surface area contributed by atoms with Gasteiger partial charge >= 0.3 is 0 Å². The number of H-pyrrole nitrogens is 1. The Hall–Kier alpha value is -2.40. The molecule has 2 aromatic heterocycles. The van der Waals surface area contributed by atoms with E-state index in [1.807, 2.05) is 18.5 Å². The number of piperidine rings is 1. The number of benzene rings is 1. The molecule has 0 amide bonds. The van der Waals surface area contributed by atoms with Crippen molar-refractivity contribution in [3.63, 3.8) is 0 Å². The van der Waals surface area contributed by atoms with E-state index in [2.05, 4.69) is 33.1 Å². The maximum atomic E-state index is 6.50. The molecule has 1 spiro atoms. The zero-order valence-corrected chi connectivity index (χ0v) is 15.4. The van der Waals surface area contributed by atoms with Gasteiger partial charge in [0.1, 0.15) is 16.9 Å². The van der Waals surface area contributed by atoms with Crippen LogP contribution in [0, 0.1) is 0 Å². The van der Waals surface area contributed by atoms with Crippen molar-refractivity contribution in [2.45, 2.75) is 50.2 Å². The zero-order chi connectivity index (χ0) is 17.8. The van der Waals surface area contributed by atoms with Gasteiger partial charge in [-0.05, 0) is 42.7 Å². The zero-order valence-electron chi connectivity index (χ0n) is 15.4. The summed E-state index contributed by atoms with van der Waals surface area (Å²) in [5.41, 5.74) is 5.12. The molecule has 4 heterocycles. The van der Waals surface area contributed by atoms with Crippen LogP contribution >= 0.6 is 0 Å². The highest BCUT2D eigenvalue weighted by Crippen LogP contribution is 2.43. The van der Waals surface area contributed by atoms with Gasteiger partial charge in [-0.15, -0.1) is 0 Å². The van der Waals surface area contributed by atoms with E-state index in [1.165, 1.54) is 37.9 Å². The molecule has 0 radical (unpaired) electrons. The number of hydrogen-bond acceptors (Lipinski definition) is 4. The van der Waals surface area contributed by atoms with E-state index in [9.17, 15) is 0 Å². The van der Waals surface area contributed by atoms with E-state index in [0.717, 1.165) is 53.5 Å². The van der Waals surface area contributed by atoms with Gasteiger partial charge in [0, 0.05) is 50.2 Å². The van der Waals surface area contributed by atoms with Crippen molar-refractivity contribution in [2.24, 2.45) is 0 Å². The fourth-order valence-electron chi connectivity index (χ4n) is 4.89. The molecule has 5 nitrogen and oxygen atoms in total. The highest BCUT2D eigenvalue weighted by molar-refractivity contribution is 5.74. The third-order valence-corrected chi connectivity index (χ3v) is 6.76. The Labute approximate surface area is 158 Å². The molecular weight excluding hydrogens is 336 g/mol. The summed E-state index contributed by atoms with van der Waals surface area (Å²) in [4.78, 5) is 15.0. The molecule has 0 unspecified atom stereocenters. The first-order chi connectivity index (χ1) is 13.3. The molecule has 1 aliphatic carbocycles. The third-order valence-electron chi connectivity index (χ3n) is 6.76. The van der Waals surface area contributed by atoms with Crippen LogP contribution in [0.15, 0.2) is 36.7 Å². The fraction of sp³-hybridized carbons (Fsp3) is 0.455. The maximum Gasteiger partial charge on any atom is 0.156 e. The summed E-state index contributed by atoms with van der Waals surface area (Å²) in [6.07, 6.45) is 11.2. The van der Waals surface area contributed by atoms with Gasteiger partial charge in [-0.25, -0.2) is 9.97 Å². The van der Waals surface area contributed by atoms with Crippen molar-refractivity contribution in [2.75, 3.05) is 13.1 Å². The highest BCUT2D eigenvalue weighted by atomic mass is 16.5. The molecule has 2 aliphatic heterocycles. The summed E-state index contributed by atoms with van der Waals surface area (Å²) in [6, 6.07) is 9.31. The molecule has 3 aliphatic rings. The Balaban J connectivity index is 1.24. The standard InChI is InChI=1S/C22H24N4O/c1-2-17(3-1)26-10-7-22(8-11-26)13-16-12-15(4-5-20(16)27-22)19-14-24-21-18(25-19)6-9-23-21/h4-6,9,12,14,17H,1-3,7-8,10-11,13H2,(H,23,24). The topological polar surface area (TPSA) is 54.0 Å². The second-order valence-corrected chi connectivity index (χ2v) is 8.37. The molecule has 5 heteroatoms. The smallest absolute Gasteiger partial charge is 0.156 e. The van der Waals surface area contributed by atoms with Gasteiger partial charge in [0.05, 0.1) is 11.9 Å². The molecule has 1 aromatic carbocycles. The van der Waals surface area contributed by atoms with Crippen molar-refractivity contribution < 1.29 is 4.74 Å². The van der Waals surface area contributed by atoms with E-state index < -0.39 is 0 Å². The van der Waals surface area contributed by atoms with E-state index in [0.29, 0.717) is 0 Å². The first-order valence-corrected chi connectivity index (χ1v) is 10.1. The predicted octanol–water partition coefficient (Wildman–Crippen LogP) is 3.95. The molecule has 1 saturated heterocycles. The number of aromatic amines is 1. The van der Waals surface area contributed by atoms with Crippen molar-refractivity contribution in [1.29, 1.82) is 0 Å². The average Bonchev–Trinajstić information content (AvgIpc) is 3.25. The van der Waals surface area contributed by atoms with Crippen LogP contribution in [0.4, 0.5) is 0 Å². The van der Waals surface area contributed by atoms with E-state index in [1.54, 1.807) is 0 Å². The molecule has 3 aromatic rings. The van der Waals surface area contributed by atoms with Gasteiger partial charge < -0.3 is 14.6 Å². The number of nitrogens with zero attached hydrogens (tertiary/aromatic N) is 3. The van der Waals surface area contributed by atoms with Crippen molar-refractivity contribution in [1.82, 2.24) is 19.9 Å². The number of hydrogen-bond donors (Lipinski definition) is 1. The number of fused-ring (bicyclic) bond motifs is 2. The number of likely N-dealkylation sites (tertiary alicyclic amines) is 1. The molecular formula is C22H24N4O. The van der Waals surface area contributed by atoms with Gasteiger partial charge in [0.2, 0.25) is 0 Å². The quantitative estimate of drug-likeness (QED) is 0.752. The summed E-state index contributed by atoms with van der Waals surface area (Å²) in [5, 5.41) is 0. The van der Waals surface area contributed by atoms with Crippen molar-refractivity contribution in [3.05, 3.63) is 42.2 Å². The van der Waals surface area contributed by atoms with Gasteiger partial charge in [-0.2, -0.15) is 0 Å². The van der Waals surface area contributed by atoms with Gasteiger partial charge in [-0.1, -0.05) is 6.42 Å². The summed E-state index contributed by atoms with van der Waals surface area (Å²) in [6.45, 7) is 2.36. The monoisotopic (exact) mass is 360 g/mol. The van der Waals surface area contributed by atoms with Crippen LogP contribution in [0.2, 0.25) is 0 Å². The Morgan fingerprint density at radius 2 is 2.04 bits per heavy atom. The van der Waals surface area contributed by atoms with Gasteiger partial charge in [0.25, 0.3) is 0 Å². The number of ether oxygens (including phenoxy) is 1. The summed E-state index contributed by atoms with van der Waals surface area (Å²) >= 11 is 0. The molecule has 0 bridgehead atoms. The first kappa shape index (κ1) is 15.6. The molecule has 138 valence electrons. The lowest BCUT2D eigenvalue weighted by atomic mass is 9.83. The lowest BCUT2D eigenvalue weighted by molar-refractivity contribution is -0.00746. The van der Waals surface area contributed by atoms with E-state index in [-0.39, 0.29) is 5.60 Å². The molecule has 1 saturated carbocycles. The summed E-state index contributed by atoms with van der Waals surface area (Å²) < 4.78 is 6.50.